The molecule has 0 atom stereocenters. The first-order valence-electron chi connectivity index (χ1n) is 5.93. The van der Waals surface area contributed by atoms with E-state index in [1.807, 2.05) is 55.8 Å². The highest BCUT2D eigenvalue weighted by Gasteiger charge is 2.20. The third kappa shape index (κ3) is 2.73. The number of aryl methyl sites for hydroxylation is 1. The van der Waals surface area contributed by atoms with Gasteiger partial charge in [-0.05, 0) is 18.6 Å². The van der Waals surface area contributed by atoms with Crippen molar-refractivity contribution in [2.75, 3.05) is 0 Å². The molecule has 0 saturated carbocycles. The molecule has 2 aromatic rings. The molecule has 0 N–H and O–H groups in total. The van der Waals surface area contributed by atoms with Crippen LogP contribution >= 0.6 is 0 Å². The zero-order valence-corrected chi connectivity index (χ0v) is 10.6. The van der Waals surface area contributed by atoms with Gasteiger partial charge in [-0.15, -0.1) is 0 Å². The number of hydrogen-bond acceptors (Lipinski definition) is 2. The fourth-order valence-corrected chi connectivity index (χ4v) is 1.72. The first kappa shape index (κ1) is 11.8. The zero-order valence-electron chi connectivity index (χ0n) is 10.6. The number of aromatic nitrogens is 2. The summed E-state index contributed by atoms with van der Waals surface area (Å²) in [5.41, 5.74) is 1.67. The summed E-state index contributed by atoms with van der Waals surface area (Å²) in [5.74, 6) is 0.287. The molecule has 0 aromatic carbocycles. The molecule has 17 heavy (non-hydrogen) atoms. The molecule has 3 nitrogen and oxygen atoms in total. The lowest BCUT2D eigenvalue weighted by atomic mass is 9.88. The molecule has 2 aromatic heterocycles. The normalized spacial score (nSPS) is 11.9. The highest BCUT2D eigenvalue weighted by atomic mass is 16.1. The maximum Gasteiger partial charge on any atom is 0.138 e. The number of Topliss-reactive ketones (excluding diaryl/α,β-unsaturated/α-hetero) is 1. The van der Waals surface area contributed by atoms with E-state index in [1.165, 1.54) is 0 Å². The van der Waals surface area contributed by atoms with E-state index < -0.39 is 0 Å². The van der Waals surface area contributed by atoms with Crippen LogP contribution in [-0.2, 0) is 11.2 Å². The molecule has 0 aliphatic carbocycles. The maximum atomic E-state index is 11.8. The number of ketones is 1. The Labute approximate surface area is 101 Å². The van der Waals surface area contributed by atoms with Crippen LogP contribution in [-0.4, -0.2) is 15.2 Å². The van der Waals surface area contributed by atoms with Gasteiger partial charge in [-0.3, -0.25) is 4.79 Å². The summed E-state index contributed by atoms with van der Waals surface area (Å²) in [6.07, 6.45) is 5.24. The Morgan fingerprint density at radius 2 is 2.12 bits per heavy atom. The van der Waals surface area contributed by atoms with Gasteiger partial charge in [-0.1, -0.05) is 26.8 Å². The number of pyridine rings is 1. The smallest absolute Gasteiger partial charge is 0.138 e. The van der Waals surface area contributed by atoms with Crippen molar-refractivity contribution >= 4 is 11.4 Å². The summed E-state index contributed by atoms with van der Waals surface area (Å²) in [5, 5.41) is 0. The average molecular weight is 230 g/mol. The van der Waals surface area contributed by atoms with Gasteiger partial charge in [-0.2, -0.15) is 0 Å². The van der Waals surface area contributed by atoms with Crippen LogP contribution < -0.4 is 0 Å². The van der Waals surface area contributed by atoms with Gasteiger partial charge >= 0.3 is 0 Å². The van der Waals surface area contributed by atoms with E-state index in [9.17, 15) is 4.79 Å². The second-order valence-corrected chi connectivity index (χ2v) is 5.37. The molecule has 90 valence electrons. The monoisotopic (exact) mass is 230 g/mol. The summed E-state index contributed by atoms with van der Waals surface area (Å²) >= 11 is 0. The SMILES string of the molecule is CC(C)(C)C(=O)CCc1cn2ccccc2n1. The summed E-state index contributed by atoms with van der Waals surface area (Å²) in [4.78, 5) is 16.3. The van der Waals surface area contributed by atoms with Gasteiger partial charge < -0.3 is 4.40 Å². The van der Waals surface area contributed by atoms with Gasteiger partial charge in [0.1, 0.15) is 11.4 Å². The quantitative estimate of drug-likeness (QED) is 0.812. The number of rotatable bonds is 3. The second-order valence-electron chi connectivity index (χ2n) is 5.37. The van der Waals surface area contributed by atoms with Gasteiger partial charge in [0.25, 0.3) is 0 Å². The van der Waals surface area contributed by atoms with E-state index in [4.69, 9.17) is 0 Å². The largest absolute Gasteiger partial charge is 0.307 e. The fourth-order valence-electron chi connectivity index (χ4n) is 1.72. The molecule has 0 radical (unpaired) electrons. The maximum absolute atomic E-state index is 11.8. The van der Waals surface area contributed by atoms with E-state index in [2.05, 4.69) is 4.98 Å². The first-order valence-corrected chi connectivity index (χ1v) is 5.93. The standard InChI is InChI=1S/C14H18N2O/c1-14(2,3)12(17)8-7-11-10-16-9-5-4-6-13(16)15-11/h4-6,9-10H,7-8H2,1-3H3. The molecule has 2 heterocycles. The minimum Gasteiger partial charge on any atom is -0.307 e. The van der Waals surface area contributed by atoms with Crippen LogP contribution in [0.4, 0.5) is 0 Å². The molecular formula is C14H18N2O. The van der Waals surface area contributed by atoms with Crippen molar-refractivity contribution < 1.29 is 4.79 Å². The molecule has 3 heteroatoms. The molecule has 0 fully saturated rings. The first-order chi connectivity index (χ1) is 7.97. The van der Waals surface area contributed by atoms with Gasteiger partial charge in [0.15, 0.2) is 0 Å². The van der Waals surface area contributed by atoms with Crippen LogP contribution in [0.2, 0.25) is 0 Å². The van der Waals surface area contributed by atoms with Gasteiger partial charge in [0, 0.05) is 24.2 Å². The Kier molecular flexibility index (Phi) is 3.01. The van der Waals surface area contributed by atoms with Crippen molar-refractivity contribution in [2.24, 2.45) is 5.41 Å². The number of nitrogens with zero attached hydrogens (tertiary/aromatic N) is 2. The fraction of sp³-hybridized carbons (Fsp3) is 0.429. The van der Waals surface area contributed by atoms with Crippen LogP contribution in [0.1, 0.15) is 32.9 Å². The number of carbonyl (C=O) groups is 1. The summed E-state index contributed by atoms with van der Waals surface area (Å²) in [7, 11) is 0. The Morgan fingerprint density at radius 3 is 2.76 bits per heavy atom. The minimum absolute atomic E-state index is 0.251. The lowest BCUT2D eigenvalue weighted by Gasteiger charge is -2.15. The zero-order chi connectivity index (χ0) is 12.5. The van der Waals surface area contributed by atoms with E-state index in [1.54, 1.807) is 0 Å². The Bertz CT molecular complexity index is 501. The molecular weight excluding hydrogens is 212 g/mol. The molecule has 0 saturated heterocycles. The lowest BCUT2D eigenvalue weighted by Crippen LogP contribution is -2.20. The molecule has 0 spiro atoms. The van der Waals surface area contributed by atoms with Crippen LogP contribution in [0.5, 0.6) is 0 Å². The van der Waals surface area contributed by atoms with Crippen molar-refractivity contribution in [3.63, 3.8) is 0 Å². The van der Waals surface area contributed by atoms with Crippen LogP contribution in [0, 0.1) is 5.41 Å². The van der Waals surface area contributed by atoms with E-state index in [-0.39, 0.29) is 11.2 Å². The molecule has 0 amide bonds. The van der Waals surface area contributed by atoms with Crippen molar-refractivity contribution in [3.8, 4) is 0 Å². The van der Waals surface area contributed by atoms with Crippen LogP contribution in [0.15, 0.2) is 30.6 Å². The average Bonchev–Trinajstić information content (AvgIpc) is 2.66. The predicted molar refractivity (Wildman–Crippen MR) is 68.0 cm³/mol. The second kappa shape index (κ2) is 4.32. The summed E-state index contributed by atoms with van der Waals surface area (Å²) in [6, 6.07) is 5.90. The summed E-state index contributed by atoms with van der Waals surface area (Å²) in [6.45, 7) is 5.87. The Morgan fingerprint density at radius 1 is 1.35 bits per heavy atom. The Balaban J connectivity index is 2.07. The van der Waals surface area contributed by atoms with Crippen molar-refractivity contribution in [1.82, 2.24) is 9.38 Å². The van der Waals surface area contributed by atoms with Crippen LogP contribution in [0.25, 0.3) is 5.65 Å². The third-order valence-corrected chi connectivity index (χ3v) is 2.86. The third-order valence-electron chi connectivity index (χ3n) is 2.86. The lowest BCUT2D eigenvalue weighted by molar-refractivity contribution is -0.126. The Hall–Kier alpha value is -1.64. The molecule has 0 bridgehead atoms. The number of fused-ring (bicyclic) bond motifs is 1. The summed E-state index contributed by atoms with van der Waals surface area (Å²) < 4.78 is 1.98. The molecule has 0 aliphatic rings. The minimum atomic E-state index is -0.251. The number of carbonyl (C=O) groups excluding carboxylic acids is 1. The van der Waals surface area contributed by atoms with Crippen LogP contribution in [0.3, 0.4) is 0 Å². The highest BCUT2D eigenvalue weighted by Crippen LogP contribution is 2.18. The molecule has 0 unspecified atom stereocenters. The van der Waals surface area contributed by atoms with Crippen molar-refractivity contribution in [3.05, 3.63) is 36.3 Å². The predicted octanol–water partition coefficient (Wildman–Crippen LogP) is 2.88. The number of imidazole rings is 1. The highest BCUT2D eigenvalue weighted by molar-refractivity contribution is 5.83. The topological polar surface area (TPSA) is 34.4 Å². The van der Waals surface area contributed by atoms with Gasteiger partial charge in [-0.25, -0.2) is 4.98 Å². The van der Waals surface area contributed by atoms with Crippen molar-refractivity contribution in [2.45, 2.75) is 33.6 Å². The van der Waals surface area contributed by atoms with E-state index >= 15 is 0 Å². The molecule has 0 aliphatic heterocycles. The number of hydrogen-bond donors (Lipinski definition) is 0. The van der Waals surface area contributed by atoms with Crippen molar-refractivity contribution in [1.29, 1.82) is 0 Å². The van der Waals surface area contributed by atoms with Gasteiger partial charge in [0.05, 0.1) is 5.69 Å². The van der Waals surface area contributed by atoms with E-state index in [0.29, 0.717) is 6.42 Å². The van der Waals surface area contributed by atoms with E-state index in [0.717, 1.165) is 17.8 Å². The molecule has 2 rings (SSSR count). The van der Waals surface area contributed by atoms with Gasteiger partial charge in [0.2, 0.25) is 0 Å².